The Labute approximate surface area is 81.9 Å². The lowest BCUT2D eigenvalue weighted by Crippen LogP contribution is -2.53. The normalized spacial score (nSPS) is 25.8. The topological polar surface area (TPSA) is 32.5 Å². The molecule has 0 amide bonds. The van der Waals surface area contributed by atoms with Gasteiger partial charge in [-0.1, -0.05) is 6.92 Å². The summed E-state index contributed by atoms with van der Waals surface area (Å²) in [5.41, 5.74) is 6.12. The molecule has 0 aromatic rings. The first-order valence-electron chi connectivity index (χ1n) is 5.23. The summed E-state index contributed by atoms with van der Waals surface area (Å²) < 4.78 is 0. The van der Waals surface area contributed by atoms with Gasteiger partial charge in [0.15, 0.2) is 0 Å². The van der Waals surface area contributed by atoms with Gasteiger partial charge >= 0.3 is 0 Å². The first-order valence-corrected chi connectivity index (χ1v) is 5.23. The number of hydrogen-bond acceptors (Lipinski definition) is 3. The lowest BCUT2D eigenvalue weighted by Gasteiger charge is -2.37. The number of nitrogens with two attached hydrogens (primary N) is 1. The molecule has 0 saturated carbocycles. The van der Waals surface area contributed by atoms with Gasteiger partial charge in [-0.25, -0.2) is 0 Å². The van der Waals surface area contributed by atoms with Gasteiger partial charge in [0.2, 0.25) is 0 Å². The van der Waals surface area contributed by atoms with Crippen LogP contribution in [0.25, 0.3) is 0 Å². The molecule has 0 aromatic heterocycles. The third kappa shape index (κ3) is 3.63. The van der Waals surface area contributed by atoms with Gasteiger partial charge in [0.05, 0.1) is 0 Å². The van der Waals surface area contributed by atoms with E-state index in [1.165, 1.54) is 26.2 Å². The zero-order valence-electron chi connectivity index (χ0n) is 9.21. The van der Waals surface area contributed by atoms with Crippen molar-refractivity contribution in [1.82, 2.24) is 9.80 Å². The maximum Gasteiger partial charge on any atom is 0.0252 e. The van der Waals surface area contributed by atoms with Crippen LogP contribution in [-0.4, -0.2) is 55.1 Å². The van der Waals surface area contributed by atoms with Crippen molar-refractivity contribution >= 4 is 0 Å². The van der Waals surface area contributed by atoms with Crippen molar-refractivity contribution in [1.29, 1.82) is 0 Å². The fourth-order valence-corrected chi connectivity index (χ4v) is 1.63. The van der Waals surface area contributed by atoms with Gasteiger partial charge in [-0.3, -0.25) is 4.90 Å². The predicted molar refractivity (Wildman–Crippen MR) is 56.8 cm³/mol. The fraction of sp³-hybridized carbons (Fsp3) is 1.00. The highest BCUT2D eigenvalue weighted by molar-refractivity contribution is 4.83. The minimum Gasteiger partial charge on any atom is -0.324 e. The van der Waals surface area contributed by atoms with Crippen molar-refractivity contribution in [2.75, 3.05) is 39.8 Å². The quantitative estimate of drug-likeness (QED) is 0.689. The van der Waals surface area contributed by atoms with Crippen LogP contribution < -0.4 is 5.73 Å². The number of hydrogen-bond donors (Lipinski definition) is 1. The van der Waals surface area contributed by atoms with E-state index in [9.17, 15) is 0 Å². The van der Waals surface area contributed by atoms with Crippen LogP contribution in [0.1, 0.15) is 20.3 Å². The summed E-state index contributed by atoms with van der Waals surface area (Å²) in [7, 11) is 2.18. The summed E-state index contributed by atoms with van der Waals surface area (Å²) in [6.07, 6.45) is 1.05. The van der Waals surface area contributed by atoms with Gasteiger partial charge in [0, 0.05) is 38.3 Å². The summed E-state index contributed by atoms with van der Waals surface area (Å²) in [6, 6.07) is 0. The maximum absolute atomic E-state index is 6.13. The van der Waals surface area contributed by atoms with Gasteiger partial charge in [0.1, 0.15) is 0 Å². The van der Waals surface area contributed by atoms with Gasteiger partial charge < -0.3 is 10.6 Å². The lowest BCUT2D eigenvalue weighted by molar-refractivity contribution is 0.129. The van der Waals surface area contributed by atoms with Crippen LogP contribution in [0.5, 0.6) is 0 Å². The number of piperazine rings is 1. The van der Waals surface area contributed by atoms with E-state index in [1.807, 2.05) is 0 Å². The van der Waals surface area contributed by atoms with E-state index in [1.54, 1.807) is 0 Å². The van der Waals surface area contributed by atoms with Crippen LogP contribution in [0, 0.1) is 0 Å². The third-order valence-corrected chi connectivity index (χ3v) is 2.99. The monoisotopic (exact) mass is 185 g/mol. The smallest absolute Gasteiger partial charge is 0.0252 e. The van der Waals surface area contributed by atoms with Crippen molar-refractivity contribution in [3.05, 3.63) is 0 Å². The molecule has 3 heteroatoms. The standard InChI is InChI=1S/C10H23N3/c1-4-10(2,11)9-13-7-5-12(3)6-8-13/h4-9,11H2,1-3H3. The Morgan fingerprint density at radius 2 is 1.77 bits per heavy atom. The molecule has 1 heterocycles. The average molecular weight is 185 g/mol. The number of likely N-dealkylation sites (N-methyl/N-ethyl adjacent to an activating group) is 1. The first-order chi connectivity index (χ1) is 6.03. The van der Waals surface area contributed by atoms with Crippen LogP contribution in [0.3, 0.4) is 0 Å². The molecule has 1 rings (SSSR count). The molecule has 3 nitrogen and oxygen atoms in total. The minimum atomic E-state index is -0.00406. The molecule has 0 spiro atoms. The molecule has 0 radical (unpaired) electrons. The molecule has 1 unspecified atom stereocenters. The molecule has 2 N–H and O–H groups in total. The molecule has 0 aliphatic carbocycles. The lowest BCUT2D eigenvalue weighted by atomic mass is 9.99. The molecule has 1 atom stereocenters. The van der Waals surface area contributed by atoms with Crippen molar-refractivity contribution < 1.29 is 0 Å². The summed E-state index contributed by atoms with van der Waals surface area (Å²) in [4.78, 5) is 4.85. The Morgan fingerprint density at radius 1 is 1.23 bits per heavy atom. The van der Waals surface area contributed by atoms with E-state index in [-0.39, 0.29) is 5.54 Å². The molecule has 1 saturated heterocycles. The highest BCUT2D eigenvalue weighted by atomic mass is 15.3. The molecular formula is C10H23N3. The highest BCUT2D eigenvalue weighted by Gasteiger charge is 2.22. The molecule has 0 aromatic carbocycles. The second kappa shape index (κ2) is 4.40. The van der Waals surface area contributed by atoms with Gasteiger partial charge in [0.25, 0.3) is 0 Å². The van der Waals surface area contributed by atoms with E-state index in [4.69, 9.17) is 5.73 Å². The van der Waals surface area contributed by atoms with E-state index >= 15 is 0 Å². The summed E-state index contributed by atoms with van der Waals surface area (Å²) in [6.45, 7) is 10.0. The minimum absolute atomic E-state index is 0.00406. The number of nitrogens with zero attached hydrogens (tertiary/aromatic N) is 2. The number of rotatable bonds is 3. The Kier molecular flexibility index (Phi) is 3.71. The molecular weight excluding hydrogens is 162 g/mol. The first kappa shape index (κ1) is 11.0. The van der Waals surface area contributed by atoms with Crippen LogP contribution >= 0.6 is 0 Å². The summed E-state index contributed by atoms with van der Waals surface area (Å²) in [5, 5.41) is 0. The van der Waals surface area contributed by atoms with Crippen LogP contribution in [0.2, 0.25) is 0 Å². The van der Waals surface area contributed by atoms with Crippen LogP contribution in [0.15, 0.2) is 0 Å². The maximum atomic E-state index is 6.13. The second-order valence-electron chi connectivity index (χ2n) is 4.59. The third-order valence-electron chi connectivity index (χ3n) is 2.99. The van der Waals surface area contributed by atoms with Crippen LogP contribution in [-0.2, 0) is 0 Å². The van der Waals surface area contributed by atoms with Gasteiger partial charge in [-0.2, -0.15) is 0 Å². The van der Waals surface area contributed by atoms with Crippen molar-refractivity contribution in [3.63, 3.8) is 0 Å². The largest absolute Gasteiger partial charge is 0.324 e. The van der Waals surface area contributed by atoms with Crippen molar-refractivity contribution in [2.45, 2.75) is 25.8 Å². The van der Waals surface area contributed by atoms with Crippen molar-refractivity contribution in [2.24, 2.45) is 5.73 Å². The molecule has 1 aliphatic rings. The van der Waals surface area contributed by atoms with Crippen LogP contribution in [0.4, 0.5) is 0 Å². The SMILES string of the molecule is CCC(C)(N)CN1CCN(C)CC1. The molecule has 13 heavy (non-hydrogen) atoms. The average Bonchev–Trinajstić information content (AvgIpc) is 2.09. The molecule has 0 bridgehead atoms. The van der Waals surface area contributed by atoms with E-state index < -0.39 is 0 Å². The van der Waals surface area contributed by atoms with Crippen molar-refractivity contribution in [3.8, 4) is 0 Å². The Balaban J connectivity index is 2.30. The fourth-order valence-electron chi connectivity index (χ4n) is 1.63. The molecule has 1 fully saturated rings. The Hall–Kier alpha value is -0.120. The van der Waals surface area contributed by atoms with E-state index in [0.29, 0.717) is 0 Å². The highest BCUT2D eigenvalue weighted by Crippen LogP contribution is 2.09. The molecule has 1 aliphatic heterocycles. The zero-order valence-corrected chi connectivity index (χ0v) is 9.21. The second-order valence-corrected chi connectivity index (χ2v) is 4.59. The zero-order chi connectivity index (χ0) is 9.90. The van der Waals surface area contributed by atoms with Gasteiger partial charge in [-0.05, 0) is 20.4 Å². The Bertz CT molecular complexity index is 148. The summed E-state index contributed by atoms with van der Waals surface area (Å²) >= 11 is 0. The summed E-state index contributed by atoms with van der Waals surface area (Å²) in [5.74, 6) is 0. The van der Waals surface area contributed by atoms with Gasteiger partial charge in [-0.15, -0.1) is 0 Å². The van der Waals surface area contributed by atoms with E-state index in [0.717, 1.165) is 13.0 Å². The molecule has 78 valence electrons. The predicted octanol–water partition coefficient (Wildman–Crippen LogP) is 0.361. The Morgan fingerprint density at radius 3 is 2.23 bits per heavy atom. The van der Waals surface area contributed by atoms with E-state index in [2.05, 4.69) is 30.7 Å².